The molecule has 1 saturated carbocycles. The highest BCUT2D eigenvalue weighted by molar-refractivity contribution is 5.89. The van der Waals surface area contributed by atoms with Gasteiger partial charge >= 0.3 is 0 Å². The molecule has 0 aromatic carbocycles. The highest BCUT2D eigenvalue weighted by Gasteiger charge is 2.46. The Bertz CT molecular complexity index is 298. The molecule has 2 fully saturated rings. The number of halogens is 2. The van der Waals surface area contributed by atoms with Gasteiger partial charge in [0.1, 0.15) is 0 Å². The van der Waals surface area contributed by atoms with Crippen LogP contribution in [0.5, 0.6) is 0 Å². The summed E-state index contributed by atoms with van der Waals surface area (Å²) in [4.78, 5) is 14.2. The van der Waals surface area contributed by atoms with E-state index in [1.54, 1.807) is 0 Å². The summed E-state index contributed by atoms with van der Waals surface area (Å²) in [6.07, 6.45) is 4.30. The van der Waals surface area contributed by atoms with Crippen molar-refractivity contribution in [2.24, 2.45) is 11.7 Å². The van der Waals surface area contributed by atoms with Crippen molar-refractivity contribution in [3.8, 4) is 0 Å². The van der Waals surface area contributed by atoms with Crippen molar-refractivity contribution in [2.75, 3.05) is 19.6 Å². The van der Waals surface area contributed by atoms with E-state index in [1.165, 1.54) is 12.8 Å². The molecule has 1 aliphatic carbocycles. The Balaban J connectivity index is 0.00000162. The third kappa shape index (κ3) is 5.46. The number of nitrogens with one attached hydrogen (secondary N) is 1. The van der Waals surface area contributed by atoms with Gasteiger partial charge in [0.2, 0.25) is 5.91 Å². The zero-order chi connectivity index (χ0) is 12.5. The average Bonchev–Trinajstić information content (AvgIpc) is 2.97. The molecule has 114 valence electrons. The first-order valence-electron chi connectivity index (χ1n) is 6.82. The minimum absolute atomic E-state index is 0. The summed E-state index contributed by atoms with van der Waals surface area (Å²) in [7, 11) is 0. The molecule has 0 radical (unpaired) electrons. The van der Waals surface area contributed by atoms with Crippen LogP contribution in [0.1, 0.15) is 39.5 Å². The van der Waals surface area contributed by atoms with Crippen molar-refractivity contribution in [1.82, 2.24) is 10.2 Å². The van der Waals surface area contributed by atoms with E-state index in [9.17, 15) is 4.79 Å². The predicted molar refractivity (Wildman–Crippen MR) is 83.1 cm³/mol. The SMILES string of the molecule is CC1CCCN(CC(C)NC(=O)C2(N)CC2)C1.Cl.Cl. The maximum absolute atomic E-state index is 11.8. The summed E-state index contributed by atoms with van der Waals surface area (Å²) < 4.78 is 0. The van der Waals surface area contributed by atoms with Crippen molar-refractivity contribution in [3.63, 3.8) is 0 Å². The molecule has 19 heavy (non-hydrogen) atoms. The molecule has 0 bridgehead atoms. The Morgan fingerprint density at radius 2 is 2.11 bits per heavy atom. The Morgan fingerprint density at radius 3 is 2.63 bits per heavy atom. The maximum Gasteiger partial charge on any atom is 0.240 e. The van der Waals surface area contributed by atoms with Crippen molar-refractivity contribution in [2.45, 2.75) is 51.1 Å². The van der Waals surface area contributed by atoms with Crippen LogP contribution in [0.4, 0.5) is 0 Å². The van der Waals surface area contributed by atoms with Crippen molar-refractivity contribution in [1.29, 1.82) is 0 Å². The molecule has 2 unspecified atom stereocenters. The van der Waals surface area contributed by atoms with Crippen molar-refractivity contribution < 1.29 is 4.79 Å². The van der Waals surface area contributed by atoms with Crippen LogP contribution in [0.3, 0.4) is 0 Å². The van der Waals surface area contributed by atoms with Crippen LogP contribution in [-0.2, 0) is 4.79 Å². The van der Waals surface area contributed by atoms with Crippen LogP contribution >= 0.6 is 24.8 Å². The first-order valence-corrected chi connectivity index (χ1v) is 6.82. The fourth-order valence-electron chi connectivity index (χ4n) is 2.61. The van der Waals surface area contributed by atoms with E-state index in [-0.39, 0.29) is 36.8 Å². The van der Waals surface area contributed by atoms with Gasteiger partial charge in [0.15, 0.2) is 0 Å². The molecule has 4 nitrogen and oxygen atoms in total. The number of likely N-dealkylation sites (tertiary alicyclic amines) is 1. The number of nitrogens with zero attached hydrogens (tertiary/aromatic N) is 1. The van der Waals surface area contributed by atoms with E-state index in [0.717, 1.165) is 38.4 Å². The lowest BCUT2D eigenvalue weighted by Gasteiger charge is -2.33. The van der Waals surface area contributed by atoms with E-state index in [1.807, 2.05) is 0 Å². The second kappa shape index (κ2) is 7.67. The van der Waals surface area contributed by atoms with Crippen LogP contribution in [0.2, 0.25) is 0 Å². The van der Waals surface area contributed by atoms with E-state index < -0.39 is 5.54 Å². The Kier molecular flexibility index (Phi) is 7.66. The number of hydrogen-bond donors (Lipinski definition) is 2. The third-order valence-electron chi connectivity index (χ3n) is 3.89. The first kappa shape index (κ1) is 19.0. The maximum atomic E-state index is 11.8. The molecule has 2 atom stereocenters. The molecule has 1 heterocycles. The van der Waals surface area contributed by atoms with Gasteiger partial charge < -0.3 is 16.0 Å². The quantitative estimate of drug-likeness (QED) is 0.828. The van der Waals surface area contributed by atoms with E-state index in [0.29, 0.717) is 0 Å². The summed E-state index contributed by atoms with van der Waals surface area (Å²) in [5.74, 6) is 0.825. The molecular weight excluding hydrogens is 285 g/mol. The van der Waals surface area contributed by atoms with E-state index in [2.05, 4.69) is 24.1 Å². The van der Waals surface area contributed by atoms with Gasteiger partial charge in [0, 0.05) is 19.1 Å². The number of carbonyl (C=O) groups is 1. The standard InChI is InChI=1S/C13H25N3O.2ClH/c1-10-4-3-7-16(8-10)9-11(2)15-12(17)13(14)5-6-13;;/h10-11H,3-9,14H2,1-2H3,(H,15,17);2*1H. The summed E-state index contributed by atoms with van der Waals surface area (Å²) in [6.45, 7) is 7.65. The van der Waals surface area contributed by atoms with Gasteiger partial charge in [-0.15, -0.1) is 24.8 Å². The minimum atomic E-state index is -0.538. The predicted octanol–water partition coefficient (Wildman–Crippen LogP) is 1.56. The lowest BCUT2D eigenvalue weighted by molar-refractivity contribution is -0.124. The number of rotatable bonds is 4. The smallest absolute Gasteiger partial charge is 0.240 e. The zero-order valence-electron chi connectivity index (χ0n) is 11.9. The van der Waals surface area contributed by atoms with Crippen LogP contribution in [-0.4, -0.2) is 42.0 Å². The number of nitrogens with two attached hydrogens (primary N) is 1. The lowest BCUT2D eigenvalue weighted by Crippen LogP contribution is -2.50. The molecule has 1 saturated heterocycles. The summed E-state index contributed by atoms with van der Waals surface area (Å²) in [5.41, 5.74) is 5.33. The number of carbonyl (C=O) groups excluding carboxylic acids is 1. The van der Waals surface area contributed by atoms with Crippen LogP contribution in [0.15, 0.2) is 0 Å². The average molecular weight is 312 g/mol. The molecule has 2 rings (SSSR count). The monoisotopic (exact) mass is 311 g/mol. The third-order valence-corrected chi connectivity index (χ3v) is 3.89. The van der Waals surface area contributed by atoms with Gasteiger partial charge in [-0.05, 0) is 45.1 Å². The van der Waals surface area contributed by atoms with Gasteiger partial charge in [-0.3, -0.25) is 4.79 Å². The van der Waals surface area contributed by atoms with Crippen molar-refractivity contribution >= 4 is 30.7 Å². The minimum Gasteiger partial charge on any atom is -0.351 e. The fraction of sp³-hybridized carbons (Fsp3) is 0.923. The van der Waals surface area contributed by atoms with Gasteiger partial charge in [-0.2, -0.15) is 0 Å². The van der Waals surface area contributed by atoms with E-state index in [4.69, 9.17) is 5.73 Å². The Hall–Kier alpha value is -0.0300. The molecule has 0 spiro atoms. The Morgan fingerprint density at radius 1 is 1.47 bits per heavy atom. The highest BCUT2D eigenvalue weighted by Crippen LogP contribution is 2.32. The first-order chi connectivity index (χ1) is 7.99. The highest BCUT2D eigenvalue weighted by atomic mass is 35.5. The van der Waals surface area contributed by atoms with Gasteiger partial charge in [-0.1, -0.05) is 6.92 Å². The van der Waals surface area contributed by atoms with Gasteiger partial charge in [-0.25, -0.2) is 0 Å². The normalized spacial score (nSPS) is 26.6. The van der Waals surface area contributed by atoms with Gasteiger partial charge in [0.25, 0.3) is 0 Å². The summed E-state index contributed by atoms with van der Waals surface area (Å²) in [5, 5.41) is 3.04. The summed E-state index contributed by atoms with van der Waals surface area (Å²) >= 11 is 0. The number of piperidine rings is 1. The lowest BCUT2D eigenvalue weighted by atomic mass is 10.00. The van der Waals surface area contributed by atoms with E-state index >= 15 is 0 Å². The van der Waals surface area contributed by atoms with Crippen molar-refractivity contribution in [3.05, 3.63) is 0 Å². The molecule has 2 aliphatic rings. The summed E-state index contributed by atoms with van der Waals surface area (Å²) in [6, 6.07) is 0.203. The molecular formula is C13H27Cl2N3O. The number of hydrogen-bond acceptors (Lipinski definition) is 3. The topological polar surface area (TPSA) is 58.4 Å². The molecule has 0 aromatic rings. The second-order valence-corrected chi connectivity index (χ2v) is 6.04. The largest absolute Gasteiger partial charge is 0.351 e. The fourth-order valence-corrected chi connectivity index (χ4v) is 2.61. The molecule has 0 aromatic heterocycles. The van der Waals surface area contributed by atoms with Crippen LogP contribution in [0, 0.1) is 5.92 Å². The Labute approximate surface area is 128 Å². The molecule has 1 aliphatic heterocycles. The zero-order valence-corrected chi connectivity index (χ0v) is 13.5. The molecule has 1 amide bonds. The number of amides is 1. The van der Waals surface area contributed by atoms with Crippen LogP contribution < -0.4 is 11.1 Å². The molecule has 3 N–H and O–H groups in total. The van der Waals surface area contributed by atoms with Gasteiger partial charge in [0.05, 0.1) is 5.54 Å². The molecule has 6 heteroatoms. The second-order valence-electron chi connectivity index (χ2n) is 6.04. The van der Waals surface area contributed by atoms with Crippen LogP contribution in [0.25, 0.3) is 0 Å².